The predicted molar refractivity (Wildman–Crippen MR) is 62.8 cm³/mol. The van der Waals surface area contributed by atoms with Crippen molar-refractivity contribution in [2.24, 2.45) is 0 Å². The maximum atomic E-state index is 13.7. The Bertz CT molecular complexity index is 621. The van der Waals surface area contributed by atoms with Crippen molar-refractivity contribution >= 4 is 22.9 Å². The molecule has 0 atom stereocenters. The Morgan fingerprint density at radius 1 is 1.44 bits per heavy atom. The molecular weight excluding hydrogens is 242 g/mol. The lowest BCUT2D eigenvalue weighted by Crippen LogP contribution is -2.26. The third-order valence-electron chi connectivity index (χ3n) is 2.62. The van der Waals surface area contributed by atoms with E-state index in [9.17, 15) is 13.6 Å². The predicted octanol–water partition coefficient (Wildman–Crippen LogP) is 0.985. The van der Waals surface area contributed by atoms with E-state index in [4.69, 9.17) is 5.73 Å². The second-order valence-corrected chi connectivity index (χ2v) is 4.07. The molecular formula is C11H12F2N4O. The van der Waals surface area contributed by atoms with Crippen molar-refractivity contribution in [1.82, 2.24) is 14.5 Å². The van der Waals surface area contributed by atoms with Gasteiger partial charge in [0.1, 0.15) is 12.1 Å². The van der Waals surface area contributed by atoms with Crippen molar-refractivity contribution in [3.05, 3.63) is 23.8 Å². The Morgan fingerprint density at radius 2 is 2.11 bits per heavy atom. The van der Waals surface area contributed by atoms with Gasteiger partial charge < -0.3 is 10.6 Å². The van der Waals surface area contributed by atoms with Crippen LogP contribution in [0.3, 0.4) is 0 Å². The summed E-state index contributed by atoms with van der Waals surface area (Å²) in [5.41, 5.74) is 5.74. The van der Waals surface area contributed by atoms with Gasteiger partial charge in [0.05, 0.1) is 5.52 Å². The quantitative estimate of drug-likeness (QED) is 0.869. The molecule has 0 aliphatic carbocycles. The molecule has 1 aromatic carbocycles. The number of carbonyl (C=O) groups is 1. The number of nitrogen functional groups attached to an aromatic ring is 1. The van der Waals surface area contributed by atoms with E-state index in [1.54, 1.807) is 14.1 Å². The summed E-state index contributed by atoms with van der Waals surface area (Å²) < 4.78 is 28.1. The number of hydrogen-bond acceptors (Lipinski definition) is 3. The van der Waals surface area contributed by atoms with Crippen LogP contribution in [0.15, 0.2) is 12.1 Å². The van der Waals surface area contributed by atoms with Crippen molar-refractivity contribution in [3.63, 3.8) is 0 Å². The van der Waals surface area contributed by atoms with Gasteiger partial charge in [0.15, 0.2) is 11.6 Å². The molecule has 1 heterocycles. The van der Waals surface area contributed by atoms with E-state index in [-0.39, 0.29) is 29.4 Å². The molecule has 2 aromatic rings. The van der Waals surface area contributed by atoms with Crippen LogP contribution in [0.1, 0.15) is 0 Å². The molecule has 2 rings (SSSR count). The van der Waals surface area contributed by atoms with Gasteiger partial charge in [-0.25, -0.2) is 13.8 Å². The number of nitrogens with two attached hydrogens (primary N) is 1. The molecule has 18 heavy (non-hydrogen) atoms. The first-order valence-corrected chi connectivity index (χ1v) is 5.21. The number of rotatable bonds is 2. The molecule has 0 radical (unpaired) electrons. The Morgan fingerprint density at radius 3 is 2.72 bits per heavy atom. The number of aromatic nitrogens is 2. The van der Waals surface area contributed by atoms with Crippen LogP contribution in [-0.2, 0) is 11.3 Å². The first-order chi connectivity index (χ1) is 8.41. The van der Waals surface area contributed by atoms with Crippen molar-refractivity contribution < 1.29 is 13.6 Å². The van der Waals surface area contributed by atoms with Crippen LogP contribution in [0.2, 0.25) is 0 Å². The summed E-state index contributed by atoms with van der Waals surface area (Å²) in [4.78, 5) is 16.8. The Labute approximate surface area is 102 Å². The molecule has 2 N–H and O–H groups in total. The number of nitrogens with zero attached hydrogens (tertiary/aromatic N) is 3. The number of likely N-dealkylation sites (N-methyl/N-ethyl adjacent to an activating group) is 1. The molecule has 0 saturated carbocycles. The molecule has 0 unspecified atom stereocenters. The van der Waals surface area contributed by atoms with E-state index in [1.807, 2.05) is 0 Å². The number of amides is 1. The highest BCUT2D eigenvalue weighted by atomic mass is 19.2. The lowest BCUT2D eigenvalue weighted by molar-refractivity contribution is -0.129. The topological polar surface area (TPSA) is 64.2 Å². The second-order valence-electron chi connectivity index (χ2n) is 4.07. The zero-order valence-electron chi connectivity index (χ0n) is 9.94. The Hall–Kier alpha value is -2.18. The van der Waals surface area contributed by atoms with Crippen LogP contribution >= 0.6 is 0 Å². The first kappa shape index (κ1) is 12.3. The molecule has 7 heteroatoms. The van der Waals surface area contributed by atoms with E-state index >= 15 is 0 Å². The Balaban J connectivity index is 2.59. The van der Waals surface area contributed by atoms with E-state index in [1.165, 1.54) is 11.0 Å². The van der Waals surface area contributed by atoms with Crippen LogP contribution in [-0.4, -0.2) is 34.5 Å². The van der Waals surface area contributed by atoms with Crippen LogP contribution in [0.25, 0.3) is 11.0 Å². The van der Waals surface area contributed by atoms with Crippen molar-refractivity contribution in [2.45, 2.75) is 6.54 Å². The van der Waals surface area contributed by atoms with Gasteiger partial charge in [0.2, 0.25) is 11.9 Å². The standard InChI is InChI=1S/C11H12F2N4O/c1-16(2)8(18)5-17-10-7(15-11(17)14)4-3-6(12)9(10)13/h3-4H,5H2,1-2H3,(H2,14,15). The number of halogens is 2. The fourth-order valence-electron chi connectivity index (χ4n) is 1.61. The largest absolute Gasteiger partial charge is 0.369 e. The molecule has 96 valence electrons. The summed E-state index contributed by atoms with van der Waals surface area (Å²) in [6, 6.07) is 2.29. The minimum atomic E-state index is -1.05. The first-order valence-electron chi connectivity index (χ1n) is 5.21. The lowest BCUT2D eigenvalue weighted by atomic mass is 10.3. The molecule has 5 nitrogen and oxygen atoms in total. The highest BCUT2D eigenvalue weighted by Gasteiger charge is 2.18. The summed E-state index contributed by atoms with van der Waals surface area (Å²) >= 11 is 0. The summed E-state index contributed by atoms with van der Waals surface area (Å²) in [5, 5.41) is 0. The van der Waals surface area contributed by atoms with Gasteiger partial charge in [0.25, 0.3) is 0 Å². The second kappa shape index (κ2) is 4.25. The average Bonchev–Trinajstić information content (AvgIpc) is 2.61. The molecule has 0 aliphatic heterocycles. The van der Waals surface area contributed by atoms with Crippen molar-refractivity contribution in [3.8, 4) is 0 Å². The van der Waals surface area contributed by atoms with Crippen LogP contribution in [0, 0.1) is 11.6 Å². The van der Waals surface area contributed by atoms with E-state index in [2.05, 4.69) is 4.98 Å². The molecule has 0 bridgehead atoms. The molecule has 0 spiro atoms. The molecule has 0 fully saturated rings. The third-order valence-corrected chi connectivity index (χ3v) is 2.62. The van der Waals surface area contributed by atoms with E-state index in [0.717, 1.165) is 10.6 Å². The number of anilines is 1. The summed E-state index contributed by atoms with van der Waals surface area (Å²) in [6.45, 7) is -0.185. The number of benzene rings is 1. The van der Waals surface area contributed by atoms with Crippen molar-refractivity contribution in [1.29, 1.82) is 0 Å². The van der Waals surface area contributed by atoms with Crippen LogP contribution in [0.4, 0.5) is 14.7 Å². The van der Waals surface area contributed by atoms with E-state index in [0.29, 0.717) is 0 Å². The monoisotopic (exact) mass is 254 g/mol. The van der Waals surface area contributed by atoms with Gasteiger partial charge in [-0.2, -0.15) is 0 Å². The Kier molecular flexibility index (Phi) is 2.90. The maximum Gasteiger partial charge on any atom is 0.242 e. The zero-order valence-corrected chi connectivity index (χ0v) is 9.94. The fraction of sp³-hybridized carbons (Fsp3) is 0.273. The molecule has 0 aliphatic rings. The SMILES string of the molecule is CN(C)C(=O)Cn1c(N)nc2ccc(F)c(F)c21. The summed E-state index contributed by atoms with van der Waals surface area (Å²) in [5.74, 6) is -2.36. The summed E-state index contributed by atoms with van der Waals surface area (Å²) in [7, 11) is 3.13. The minimum absolute atomic E-state index is 0.0234. The number of fused-ring (bicyclic) bond motifs is 1. The number of hydrogen-bond donors (Lipinski definition) is 1. The average molecular weight is 254 g/mol. The van der Waals surface area contributed by atoms with Gasteiger partial charge in [-0.15, -0.1) is 0 Å². The normalized spacial score (nSPS) is 10.9. The van der Waals surface area contributed by atoms with Gasteiger partial charge >= 0.3 is 0 Å². The van der Waals surface area contributed by atoms with Crippen molar-refractivity contribution in [2.75, 3.05) is 19.8 Å². The number of carbonyl (C=O) groups excluding carboxylic acids is 1. The van der Waals surface area contributed by atoms with Gasteiger partial charge in [-0.3, -0.25) is 9.36 Å². The summed E-state index contributed by atoms with van der Waals surface area (Å²) in [6.07, 6.45) is 0. The van der Waals surface area contributed by atoms with E-state index < -0.39 is 11.6 Å². The molecule has 0 saturated heterocycles. The number of imidazole rings is 1. The van der Waals surface area contributed by atoms with Gasteiger partial charge in [-0.1, -0.05) is 0 Å². The fourth-order valence-corrected chi connectivity index (χ4v) is 1.61. The maximum absolute atomic E-state index is 13.7. The van der Waals surface area contributed by atoms with Gasteiger partial charge in [-0.05, 0) is 12.1 Å². The smallest absolute Gasteiger partial charge is 0.242 e. The highest BCUT2D eigenvalue weighted by Crippen LogP contribution is 2.23. The zero-order chi connectivity index (χ0) is 13.4. The third kappa shape index (κ3) is 1.87. The molecule has 1 amide bonds. The molecule has 1 aromatic heterocycles. The highest BCUT2D eigenvalue weighted by molar-refractivity contribution is 5.83. The van der Waals surface area contributed by atoms with Crippen LogP contribution in [0.5, 0.6) is 0 Å². The minimum Gasteiger partial charge on any atom is -0.369 e. The lowest BCUT2D eigenvalue weighted by Gasteiger charge is -2.12. The van der Waals surface area contributed by atoms with Crippen LogP contribution < -0.4 is 5.73 Å². The van der Waals surface area contributed by atoms with Gasteiger partial charge in [0, 0.05) is 14.1 Å².